The molecule has 0 aromatic rings. The van der Waals surface area contributed by atoms with Gasteiger partial charge in [0.05, 0.1) is 21.1 Å². The number of nitrogens with zero attached hydrogens (tertiary/aromatic N) is 1. The fraction of sp³-hybridized carbons (Fsp3) is 0.867. The van der Waals surface area contributed by atoms with E-state index in [0.717, 1.165) is 18.4 Å². The Labute approximate surface area is 134 Å². The predicted molar refractivity (Wildman–Crippen MR) is 91.3 cm³/mol. The second-order valence-corrected chi connectivity index (χ2v) is 10.3. The topological polar surface area (TPSA) is 49.7 Å². The molecule has 4 unspecified atom stereocenters. The van der Waals surface area contributed by atoms with Crippen LogP contribution in [0.2, 0.25) is 0 Å². The maximum atomic E-state index is 9.64. The number of hydrogen-bond acceptors (Lipinski definition) is 2. The largest absolute Gasteiger partial charge is 0.329 e. The van der Waals surface area contributed by atoms with Gasteiger partial charge < -0.3 is 14.3 Å². The molecule has 0 radical (unpaired) electrons. The highest BCUT2D eigenvalue weighted by Gasteiger charge is 2.39. The van der Waals surface area contributed by atoms with Crippen molar-refractivity contribution in [3.63, 3.8) is 0 Å². The van der Waals surface area contributed by atoms with Crippen molar-refractivity contribution in [2.45, 2.75) is 39.2 Å². The van der Waals surface area contributed by atoms with Gasteiger partial charge >= 0.3 is 6.72 Å². The molecule has 0 aromatic heterocycles. The molecule has 1 rings (SSSR count). The Hall–Kier alpha value is 0.230. The van der Waals surface area contributed by atoms with E-state index in [0.29, 0.717) is 22.9 Å². The Balaban J connectivity index is 3.01. The molecule has 4 nitrogen and oxygen atoms in total. The van der Waals surface area contributed by atoms with E-state index in [4.69, 9.17) is 16.3 Å². The summed E-state index contributed by atoms with van der Waals surface area (Å²) in [6, 6.07) is 0. The van der Waals surface area contributed by atoms with Crippen molar-refractivity contribution in [2.24, 2.45) is 17.8 Å². The molecule has 2 N–H and O–H groups in total. The van der Waals surface area contributed by atoms with Crippen molar-refractivity contribution in [3.8, 4) is 0 Å². The smallest absolute Gasteiger partial charge is 0.322 e. The minimum atomic E-state index is -3.66. The maximum Gasteiger partial charge on any atom is 0.322 e. The molecular weight excluding hydrogens is 305 g/mol. The number of allylic oxidation sites excluding steroid dienone is 1. The third kappa shape index (κ3) is 6.89. The Morgan fingerprint density at radius 3 is 2.38 bits per heavy atom. The van der Waals surface area contributed by atoms with E-state index in [-0.39, 0.29) is 12.0 Å². The van der Waals surface area contributed by atoms with Gasteiger partial charge in [0.2, 0.25) is 0 Å². The van der Waals surface area contributed by atoms with Crippen LogP contribution in [0.1, 0.15) is 33.1 Å². The first kappa shape index (κ1) is 19.3. The molecule has 124 valence electrons. The summed E-state index contributed by atoms with van der Waals surface area (Å²) < 4.78 is 6.26. The summed E-state index contributed by atoms with van der Waals surface area (Å²) in [5, 5.41) is 0. The first-order chi connectivity index (χ1) is 9.39. The van der Waals surface area contributed by atoms with Crippen LogP contribution in [0, 0.1) is 17.8 Å². The molecule has 1 aliphatic carbocycles. The van der Waals surface area contributed by atoms with Gasteiger partial charge in [0, 0.05) is 0 Å². The van der Waals surface area contributed by atoms with Gasteiger partial charge in [-0.15, -0.1) is 0 Å². The zero-order chi connectivity index (χ0) is 16.4. The van der Waals surface area contributed by atoms with Crippen molar-refractivity contribution in [1.29, 1.82) is 0 Å². The summed E-state index contributed by atoms with van der Waals surface area (Å²) >= 11 is 4.72. The number of quaternary nitrogens is 1. The molecule has 21 heavy (non-hydrogen) atoms. The van der Waals surface area contributed by atoms with Crippen LogP contribution in [-0.4, -0.2) is 48.1 Å². The Bertz CT molecular complexity index is 416. The molecule has 0 aromatic carbocycles. The lowest BCUT2D eigenvalue weighted by Crippen LogP contribution is -2.47. The Morgan fingerprint density at radius 1 is 1.38 bits per heavy atom. The molecule has 0 heterocycles. The molecule has 1 fully saturated rings. The van der Waals surface area contributed by atoms with Gasteiger partial charge in [-0.2, -0.15) is 0 Å². The lowest BCUT2D eigenvalue weighted by atomic mass is 9.69. The second-order valence-electron chi connectivity index (χ2n) is 7.64. The maximum absolute atomic E-state index is 9.64. The van der Waals surface area contributed by atoms with Gasteiger partial charge in [-0.1, -0.05) is 25.5 Å². The van der Waals surface area contributed by atoms with Gasteiger partial charge in [0.25, 0.3) is 0 Å². The first-order valence-corrected chi connectivity index (χ1v) is 10.2. The monoisotopic (exact) mass is 336 g/mol. The molecule has 1 aliphatic rings. The Kier molecular flexibility index (Phi) is 6.61. The fourth-order valence-corrected chi connectivity index (χ4v) is 4.32. The van der Waals surface area contributed by atoms with Crippen molar-refractivity contribution in [2.75, 3.05) is 27.7 Å². The highest BCUT2D eigenvalue weighted by molar-refractivity contribution is 8.06. The van der Waals surface area contributed by atoms with Crippen LogP contribution in [-0.2, 0) is 16.3 Å². The van der Waals surface area contributed by atoms with E-state index in [1.165, 1.54) is 6.42 Å². The lowest BCUT2D eigenvalue weighted by Gasteiger charge is -2.42. The lowest BCUT2D eigenvalue weighted by molar-refractivity contribution is -0.873. The summed E-state index contributed by atoms with van der Waals surface area (Å²) in [6.07, 6.45) is 3.07. The summed E-state index contributed by atoms with van der Waals surface area (Å²) in [7, 11) is 6.24. The van der Waals surface area contributed by atoms with Gasteiger partial charge in [0.15, 0.2) is 0 Å². The average Bonchev–Trinajstić information content (AvgIpc) is 2.23. The van der Waals surface area contributed by atoms with E-state index in [9.17, 15) is 9.79 Å². The van der Waals surface area contributed by atoms with Gasteiger partial charge in [-0.25, -0.2) is 0 Å². The van der Waals surface area contributed by atoms with Crippen LogP contribution in [0.4, 0.5) is 0 Å². The number of hydrogen-bond donors (Lipinski definition) is 2. The van der Waals surface area contributed by atoms with E-state index in [1.807, 2.05) is 0 Å². The van der Waals surface area contributed by atoms with E-state index >= 15 is 0 Å². The van der Waals surface area contributed by atoms with Crippen molar-refractivity contribution < 1.29 is 18.8 Å². The minimum absolute atomic E-state index is 0.240. The van der Waals surface area contributed by atoms with E-state index in [1.54, 1.807) is 0 Å². The number of rotatable bonds is 6. The summed E-state index contributed by atoms with van der Waals surface area (Å²) in [6.45, 7) is 5.49. The average molecular weight is 336 g/mol. The van der Waals surface area contributed by atoms with Crippen molar-refractivity contribution in [1.82, 2.24) is 0 Å². The van der Waals surface area contributed by atoms with Crippen LogP contribution >= 0.6 is 6.72 Å². The SMILES string of the molecule is C=C(C)C1CCC(C)CC1C(C[N+](C)(C)C)OP(O)(O)=S. The molecule has 4 atom stereocenters. The van der Waals surface area contributed by atoms with E-state index < -0.39 is 6.72 Å². The number of likely N-dealkylation sites (N-methyl/N-ethyl adjacent to an activating group) is 1. The van der Waals surface area contributed by atoms with Crippen LogP contribution in [0.3, 0.4) is 0 Å². The van der Waals surface area contributed by atoms with E-state index in [2.05, 4.69) is 41.6 Å². The van der Waals surface area contributed by atoms with Crippen LogP contribution in [0.15, 0.2) is 12.2 Å². The summed E-state index contributed by atoms with van der Waals surface area (Å²) in [5.41, 5.74) is 1.16. The first-order valence-electron chi connectivity index (χ1n) is 7.59. The second kappa shape index (κ2) is 7.20. The Morgan fingerprint density at radius 2 is 1.95 bits per heavy atom. The third-order valence-corrected chi connectivity index (χ3v) is 5.08. The van der Waals surface area contributed by atoms with Crippen molar-refractivity contribution >= 4 is 18.5 Å². The zero-order valence-electron chi connectivity index (χ0n) is 14.0. The van der Waals surface area contributed by atoms with Gasteiger partial charge in [0.1, 0.15) is 12.6 Å². The highest BCUT2D eigenvalue weighted by Crippen LogP contribution is 2.46. The van der Waals surface area contributed by atoms with Gasteiger partial charge in [-0.05, 0) is 49.3 Å². The van der Waals surface area contributed by atoms with Crippen LogP contribution in [0.25, 0.3) is 0 Å². The standard InChI is InChI=1S/C15H30NO3PS/c1-11(2)13-8-7-12(3)9-14(13)15(10-16(4,5)6)19-20(17,18)21/h12-15H,1,7-10H2,2-6H3,(H-,17,18,21)/p+1. The van der Waals surface area contributed by atoms with Crippen molar-refractivity contribution in [3.05, 3.63) is 12.2 Å². The summed E-state index contributed by atoms with van der Waals surface area (Å²) in [4.78, 5) is 19.3. The molecule has 6 heteroatoms. The predicted octanol–water partition coefficient (Wildman–Crippen LogP) is 2.92. The molecule has 0 amide bonds. The normalized spacial score (nSPS) is 29.2. The van der Waals surface area contributed by atoms with Gasteiger partial charge in [-0.3, -0.25) is 4.52 Å². The van der Waals surface area contributed by atoms with Crippen LogP contribution in [0.5, 0.6) is 0 Å². The fourth-order valence-electron chi connectivity index (χ4n) is 3.41. The zero-order valence-corrected chi connectivity index (χ0v) is 15.7. The molecular formula is C15H31NO3PS+. The quantitative estimate of drug-likeness (QED) is 0.445. The third-order valence-electron chi connectivity index (χ3n) is 4.27. The molecule has 0 aliphatic heterocycles. The molecule has 1 saturated carbocycles. The molecule has 0 saturated heterocycles. The minimum Gasteiger partial charge on any atom is -0.329 e. The highest BCUT2D eigenvalue weighted by atomic mass is 32.5. The summed E-state index contributed by atoms with van der Waals surface area (Å²) in [5.74, 6) is 1.25. The molecule has 0 spiro atoms. The molecule has 0 bridgehead atoms. The van der Waals surface area contributed by atoms with Crippen LogP contribution < -0.4 is 0 Å².